The fraction of sp³-hybridized carbons (Fsp3) is 0.400. The topological polar surface area (TPSA) is 153 Å². The van der Waals surface area contributed by atoms with Gasteiger partial charge in [0.25, 0.3) is 5.56 Å². The summed E-state index contributed by atoms with van der Waals surface area (Å²) < 4.78 is 21.5. The van der Waals surface area contributed by atoms with Gasteiger partial charge in [0.15, 0.2) is 13.0 Å². The average molecular weight is 368 g/mol. The van der Waals surface area contributed by atoms with Crippen LogP contribution in [0.1, 0.15) is 16.8 Å². The molecule has 26 heavy (non-hydrogen) atoms. The van der Waals surface area contributed by atoms with Crippen LogP contribution >= 0.6 is 0 Å². The van der Waals surface area contributed by atoms with Crippen LogP contribution in [0.4, 0.5) is 0 Å². The second kappa shape index (κ2) is 7.66. The Hall–Kier alpha value is -2.73. The number of nitrogens with one attached hydrogen (secondary N) is 1. The molecule has 2 aromatic rings. The molecule has 1 fully saturated rings. The molecule has 1 saturated heterocycles. The summed E-state index contributed by atoms with van der Waals surface area (Å²) in [5, 5.41) is 19.5. The number of furan rings is 1. The van der Waals surface area contributed by atoms with E-state index in [1.165, 1.54) is 24.6 Å². The van der Waals surface area contributed by atoms with Crippen molar-refractivity contribution in [1.82, 2.24) is 9.55 Å². The highest BCUT2D eigenvalue weighted by molar-refractivity contribution is 5.86. The molecule has 0 bridgehead atoms. The van der Waals surface area contributed by atoms with E-state index in [0.717, 1.165) is 10.6 Å². The number of hydrogen-bond donors (Lipinski definition) is 3. The number of rotatable bonds is 6. The molecule has 1 aliphatic heterocycles. The number of aromatic nitrogens is 2. The lowest BCUT2D eigenvalue weighted by Crippen LogP contribution is -2.39. The van der Waals surface area contributed by atoms with Gasteiger partial charge in [-0.2, -0.15) is 0 Å². The van der Waals surface area contributed by atoms with Crippen molar-refractivity contribution in [1.29, 1.82) is 0 Å². The van der Waals surface area contributed by atoms with Crippen LogP contribution in [0.3, 0.4) is 0 Å². The summed E-state index contributed by atoms with van der Waals surface area (Å²) in [5.74, 6) is -0.807. The molecule has 1 aliphatic rings. The van der Waals surface area contributed by atoms with Crippen molar-refractivity contribution in [3.05, 3.63) is 57.3 Å². The van der Waals surface area contributed by atoms with Gasteiger partial charge in [-0.15, -0.1) is 0 Å². The summed E-state index contributed by atoms with van der Waals surface area (Å²) in [5.41, 5.74) is -1.39. The molecular formula is C15H16N2O9. The largest absolute Gasteiger partial charge is 0.457 e. The first-order chi connectivity index (χ1) is 12.5. The number of aromatic amines is 1. The molecule has 2 aromatic heterocycles. The zero-order chi connectivity index (χ0) is 18.7. The molecule has 0 saturated carbocycles. The lowest BCUT2D eigenvalue weighted by Gasteiger charge is -2.21. The molecule has 140 valence electrons. The average Bonchev–Trinajstić information content (AvgIpc) is 3.24. The van der Waals surface area contributed by atoms with Crippen LogP contribution in [0.25, 0.3) is 0 Å². The van der Waals surface area contributed by atoms with Crippen molar-refractivity contribution in [3.63, 3.8) is 0 Å². The Kier molecular flexibility index (Phi) is 5.32. The number of aliphatic hydroxyl groups is 2. The predicted octanol–water partition coefficient (Wildman–Crippen LogP) is -1.42. The van der Waals surface area contributed by atoms with Crippen LogP contribution in [-0.2, 0) is 14.2 Å². The van der Waals surface area contributed by atoms with Gasteiger partial charge in [-0.1, -0.05) is 0 Å². The van der Waals surface area contributed by atoms with Gasteiger partial charge in [-0.05, 0) is 12.1 Å². The number of esters is 1. The van der Waals surface area contributed by atoms with E-state index in [2.05, 4.69) is 4.98 Å². The highest BCUT2D eigenvalue weighted by atomic mass is 16.7. The zero-order valence-electron chi connectivity index (χ0n) is 13.3. The van der Waals surface area contributed by atoms with Crippen LogP contribution in [0.2, 0.25) is 0 Å². The summed E-state index contributed by atoms with van der Waals surface area (Å²) in [6.45, 7) is -1.08. The lowest BCUT2D eigenvalue weighted by molar-refractivity contribution is -0.123. The third-order valence-corrected chi connectivity index (χ3v) is 3.79. The minimum absolute atomic E-state index is 0.0292. The Morgan fingerprint density at radius 2 is 2.15 bits per heavy atom. The highest BCUT2D eigenvalue weighted by Gasteiger charge is 2.45. The van der Waals surface area contributed by atoms with Gasteiger partial charge < -0.3 is 28.8 Å². The second-order valence-corrected chi connectivity index (χ2v) is 5.41. The highest BCUT2D eigenvalue weighted by Crippen LogP contribution is 2.30. The molecule has 4 atom stereocenters. The third kappa shape index (κ3) is 3.60. The molecule has 11 nitrogen and oxygen atoms in total. The van der Waals surface area contributed by atoms with E-state index in [1.807, 2.05) is 0 Å². The quantitative estimate of drug-likeness (QED) is 0.412. The Balaban J connectivity index is 1.72. The standard InChI is InChI=1S/C15H16N2O9/c18-6-9-11(20)12(24-7-25-14(21)8-2-1-5-23-8)13(26-9)17-4-3-10(19)16-15(17)22/h1-5,9,11-13,18,20H,6-7H2,(H,16,19,22)/t9-,11-,12-,13-/m1/s1. The van der Waals surface area contributed by atoms with Crippen LogP contribution in [0.15, 0.2) is 44.7 Å². The number of ether oxygens (including phenoxy) is 3. The number of aliphatic hydroxyl groups excluding tert-OH is 2. The van der Waals surface area contributed by atoms with E-state index in [-0.39, 0.29) is 5.76 Å². The Morgan fingerprint density at radius 1 is 1.35 bits per heavy atom. The van der Waals surface area contributed by atoms with E-state index in [1.54, 1.807) is 0 Å². The fourth-order valence-electron chi connectivity index (χ4n) is 2.53. The number of carbonyl (C=O) groups excluding carboxylic acids is 1. The first-order valence-corrected chi connectivity index (χ1v) is 7.59. The minimum Gasteiger partial charge on any atom is -0.457 e. The van der Waals surface area contributed by atoms with E-state index in [4.69, 9.17) is 18.6 Å². The van der Waals surface area contributed by atoms with Crippen LogP contribution < -0.4 is 11.2 Å². The Labute approximate surface area is 145 Å². The SMILES string of the molecule is O=C(OCO[C@@H]1[C@H](O)[C@@H](CO)O[C@H]1n1ccc(=O)[nH]c1=O)c1ccco1. The van der Waals surface area contributed by atoms with E-state index >= 15 is 0 Å². The number of nitrogens with zero attached hydrogens (tertiary/aromatic N) is 1. The van der Waals surface area contributed by atoms with Gasteiger partial charge in [-0.25, -0.2) is 9.59 Å². The van der Waals surface area contributed by atoms with Gasteiger partial charge in [0.2, 0.25) is 5.76 Å². The molecule has 3 heterocycles. The van der Waals surface area contributed by atoms with Crippen molar-refractivity contribution in [2.24, 2.45) is 0 Å². The first-order valence-electron chi connectivity index (χ1n) is 7.59. The number of hydrogen-bond acceptors (Lipinski definition) is 9. The van der Waals surface area contributed by atoms with Crippen LogP contribution in [0.5, 0.6) is 0 Å². The Bertz CT molecular complexity index is 856. The molecule has 0 spiro atoms. The maximum absolute atomic E-state index is 11.9. The maximum atomic E-state index is 11.9. The molecule has 11 heteroatoms. The van der Waals surface area contributed by atoms with Gasteiger partial charge in [-0.3, -0.25) is 14.3 Å². The molecule has 0 unspecified atom stereocenters. The molecule has 3 rings (SSSR count). The number of H-pyrrole nitrogens is 1. The van der Waals surface area contributed by atoms with Gasteiger partial charge >= 0.3 is 11.7 Å². The smallest absolute Gasteiger partial charge is 0.376 e. The lowest BCUT2D eigenvalue weighted by atomic mass is 10.1. The summed E-state index contributed by atoms with van der Waals surface area (Å²) in [7, 11) is 0. The molecule has 0 aromatic carbocycles. The molecule has 0 aliphatic carbocycles. The summed E-state index contributed by atoms with van der Waals surface area (Å²) >= 11 is 0. The normalized spacial score (nSPS) is 25.3. The van der Waals surface area contributed by atoms with E-state index < -0.39 is 55.2 Å². The predicted molar refractivity (Wildman–Crippen MR) is 82.2 cm³/mol. The van der Waals surface area contributed by atoms with Crippen LogP contribution in [0, 0.1) is 0 Å². The van der Waals surface area contributed by atoms with Crippen LogP contribution in [-0.4, -0.2) is 57.4 Å². The molecule has 3 N–H and O–H groups in total. The summed E-state index contributed by atoms with van der Waals surface area (Å²) in [4.78, 5) is 36.9. The molecular weight excluding hydrogens is 352 g/mol. The van der Waals surface area contributed by atoms with E-state index in [9.17, 15) is 24.6 Å². The summed E-state index contributed by atoms with van der Waals surface area (Å²) in [6, 6.07) is 4.01. The fourth-order valence-corrected chi connectivity index (χ4v) is 2.53. The van der Waals surface area contributed by atoms with Crippen molar-refractivity contribution in [2.45, 2.75) is 24.5 Å². The van der Waals surface area contributed by atoms with Crippen molar-refractivity contribution in [2.75, 3.05) is 13.4 Å². The minimum atomic E-state index is -1.30. The monoisotopic (exact) mass is 368 g/mol. The van der Waals surface area contributed by atoms with Gasteiger partial charge in [0.1, 0.15) is 18.3 Å². The number of carbonyl (C=O) groups is 1. The maximum Gasteiger partial charge on any atom is 0.376 e. The van der Waals surface area contributed by atoms with Crippen molar-refractivity contribution >= 4 is 5.97 Å². The van der Waals surface area contributed by atoms with E-state index in [0.29, 0.717) is 0 Å². The van der Waals surface area contributed by atoms with Gasteiger partial charge in [0, 0.05) is 12.3 Å². The molecule has 0 radical (unpaired) electrons. The van der Waals surface area contributed by atoms with Crippen molar-refractivity contribution < 1.29 is 33.6 Å². The summed E-state index contributed by atoms with van der Waals surface area (Å²) in [6.07, 6.45) is -2.13. The Morgan fingerprint density at radius 3 is 2.81 bits per heavy atom. The van der Waals surface area contributed by atoms with Gasteiger partial charge in [0.05, 0.1) is 12.9 Å². The second-order valence-electron chi connectivity index (χ2n) is 5.41. The van der Waals surface area contributed by atoms with Crippen molar-refractivity contribution in [3.8, 4) is 0 Å². The zero-order valence-corrected chi connectivity index (χ0v) is 13.3. The molecule has 0 amide bonds. The third-order valence-electron chi connectivity index (χ3n) is 3.79. The first kappa shape index (κ1) is 18.1.